The number of nitrogens with zero attached hydrogens (tertiary/aromatic N) is 2. The summed E-state index contributed by atoms with van der Waals surface area (Å²) in [6.45, 7) is 13.7. The SMILES string of the molecule is CC[C@H]1OC(=O)[C@H](C)[C@@H](O)[C@H](C)[C@@H](O[C@@H]2O[C@H](C)C[C@H](N(C)C)[C@H]2O)[C@](C)(OC)C[C@@H](C)C(=O)C(C)[C@@H](CCOC(=O)c2cnc3ccccc3c2)[C@]1(C)O. The first-order chi connectivity index (χ1) is 25.8. The van der Waals surface area contributed by atoms with Crippen molar-refractivity contribution >= 4 is 28.6 Å². The molecule has 0 radical (unpaired) electrons. The fourth-order valence-electron chi connectivity index (χ4n) is 8.76. The highest BCUT2D eigenvalue weighted by atomic mass is 16.7. The van der Waals surface area contributed by atoms with E-state index in [-0.39, 0.29) is 49.4 Å². The summed E-state index contributed by atoms with van der Waals surface area (Å²) in [4.78, 5) is 47.7. The van der Waals surface area contributed by atoms with Crippen molar-refractivity contribution in [2.45, 2.75) is 135 Å². The van der Waals surface area contributed by atoms with Crippen LogP contribution in [0.25, 0.3) is 10.9 Å². The van der Waals surface area contributed by atoms with Gasteiger partial charge in [-0.3, -0.25) is 14.6 Å². The third-order valence-electron chi connectivity index (χ3n) is 12.3. The Kier molecular flexibility index (Phi) is 15.0. The summed E-state index contributed by atoms with van der Waals surface area (Å²) >= 11 is 0. The van der Waals surface area contributed by atoms with Gasteiger partial charge in [-0.1, -0.05) is 45.9 Å². The molecule has 3 heterocycles. The number of hydrogen-bond donors (Lipinski definition) is 3. The molecule has 2 saturated heterocycles. The van der Waals surface area contributed by atoms with Crippen molar-refractivity contribution in [3.8, 4) is 0 Å². The molecule has 55 heavy (non-hydrogen) atoms. The number of rotatable bonds is 9. The van der Waals surface area contributed by atoms with Crippen molar-refractivity contribution in [3.63, 3.8) is 0 Å². The second-order valence-electron chi connectivity index (χ2n) is 16.6. The van der Waals surface area contributed by atoms with Crippen molar-refractivity contribution in [2.24, 2.45) is 29.6 Å². The molecule has 0 saturated carbocycles. The molecule has 1 aromatic carbocycles. The Bertz CT molecular complexity index is 1620. The average Bonchev–Trinajstić information content (AvgIpc) is 3.15. The molecule has 4 rings (SSSR count). The van der Waals surface area contributed by atoms with E-state index >= 15 is 0 Å². The van der Waals surface area contributed by atoms with E-state index in [4.69, 9.17) is 23.7 Å². The smallest absolute Gasteiger partial charge is 0.339 e. The maximum atomic E-state index is 14.5. The van der Waals surface area contributed by atoms with Gasteiger partial charge in [0.1, 0.15) is 23.6 Å². The summed E-state index contributed by atoms with van der Waals surface area (Å²) < 4.78 is 30.6. The lowest BCUT2D eigenvalue weighted by molar-refractivity contribution is -0.301. The number of aromatic nitrogens is 1. The minimum atomic E-state index is -1.74. The number of methoxy groups -OCH3 is 1. The quantitative estimate of drug-likeness (QED) is 0.303. The number of cyclic esters (lactones) is 1. The van der Waals surface area contributed by atoms with Gasteiger partial charge in [0.15, 0.2) is 6.29 Å². The minimum Gasteiger partial charge on any atom is -0.462 e. The van der Waals surface area contributed by atoms with Crippen molar-refractivity contribution in [2.75, 3.05) is 27.8 Å². The van der Waals surface area contributed by atoms with E-state index in [9.17, 15) is 29.7 Å². The molecule has 0 amide bonds. The Balaban J connectivity index is 1.67. The van der Waals surface area contributed by atoms with Gasteiger partial charge in [-0.25, -0.2) is 4.79 Å². The molecule has 2 aliphatic rings. The number of para-hydroxylation sites is 1. The molecule has 2 aromatic rings. The van der Waals surface area contributed by atoms with Crippen molar-refractivity contribution < 1.29 is 53.4 Å². The molecule has 1 aromatic heterocycles. The molecule has 13 nitrogen and oxygen atoms in total. The van der Waals surface area contributed by atoms with Crippen LogP contribution in [0.3, 0.4) is 0 Å². The molecular weight excluding hydrogens is 708 g/mol. The van der Waals surface area contributed by atoms with E-state index in [0.717, 1.165) is 10.9 Å². The molecule has 2 aliphatic heterocycles. The van der Waals surface area contributed by atoms with E-state index in [1.807, 2.05) is 50.2 Å². The van der Waals surface area contributed by atoms with Crippen LogP contribution in [0.2, 0.25) is 0 Å². The zero-order valence-corrected chi connectivity index (χ0v) is 34.4. The van der Waals surface area contributed by atoms with Crippen LogP contribution in [-0.4, -0.2) is 125 Å². The molecule has 14 atom stereocenters. The average molecular weight is 773 g/mol. The molecule has 0 spiro atoms. The lowest BCUT2D eigenvalue weighted by Crippen LogP contribution is -2.60. The molecular formula is C42H64N2O11. The van der Waals surface area contributed by atoms with E-state index in [2.05, 4.69) is 4.98 Å². The number of fused-ring (bicyclic) bond motifs is 1. The maximum Gasteiger partial charge on any atom is 0.339 e. The van der Waals surface area contributed by atoms with Gasteiger partial charge in [0.05, 0.1) is 47.5 Å². The van der Waals surface area contributed by atoms with Crippen LogP contribution in [0.1, 0.15) is 91.4 Å². The van der Waals surface area contributed by atoms with Gasteiger partial charge in [0.25, 0.3) is 0 Å². The van der Waals surface area contributed by atoms with Gasteiger partial charge in [-0.05, 0) is 79.6 Å². The van der Waals surface area contributed by atoms with Crippen LogP contribution in [-0.2, 0) is 33.3 Å². The van der Waals surface area contributed by atoms with Crippen LogP contribution in [0.5, 0.6) is 0 Å². The minimum absolute atomic E-state index is 0.0814. The number of benzene rings is 1. The highest BCUT2D eigenvalue weighted by molar-refractivity contribution is 5.93. The lowest BCUT2D eigenvalue weighted by atomic mass is 9.69. The van der Waals surface area contributed by atoms with Gasteiger partial charge in [0, 0.05) is 48.4 Å². The fraction of sp³-hybridized carbons (Fsp3) is 0.714. The number of esters is 2. The number of ether oxygens (including phenoxy) is 5. The predicted octanol–water partition coefficient (Wildman–Crippen LogP) is 4.57. The van der Waals surface area contributed by atoms with E-state index in [0.29, 0.717) is 6.42 Å². The van der Waals surface area contributed by atoms with Crippen molar-refractivity contribution in [1.29, 1.82) is 0 Å². The Morgan fingerprint density at radius 2 is 1.71 bits per heavy atom. The normalized spacial score (nSPS) is 38.4. The van der Waals surface area contributed by atoms with E-state index in [1.54, 1.807) is 54.5 Å². The van der Waals surface area contributed by atoms with Gasteiger partial charge >= 0.3 is 11.9 Å². The summed E-state index contributed by atoms with van der Waals surface area (Å²) in [5, 5.41) is 36.2. The fourth-order valence-corrected chi connectivity index (χ4v) is 8.76. The van der Waals surface area contributed by atoms with E-state index < -0.39 is 83.4 Å². The second-order valence-corrected chi connectivity index (χ2v) is 16.6. The van der Waals surface area contributed by atoms with Crippen molar-refractivity contribution in [1.82, 2.24) is 9.88 Å². The number of likely N-dealkylation sites (N-methyl/N-ethyl adjacent to an activating group) is 1. The Labute approximate surface area is 326 Å². The van der Waals surface area contributed by atoms with Crippen LogP contribution in [0.15, 0.2) is 36.5 Å². The predicted molar refractivity (Wildman–Crippen MR) is 206 cm³/mol. The second kappa shape index (κ2) is 18.5. The third-order valence-corrected chi connectivity index (χ3v) is 12.3. The number of carbonyl (C=O) groups is 3. The largest absolute Gasteiger partial charge is 0.462 e. The highest BCUT2D eigenvalue weighted by Gasteiger charge is 2.52. The van der Waals surface area contributed by atoms with E-state index in [1.165, 1.54) is 13.3 Å². The van der Waals surface area contributed by atoms with Gasteiger partial charge in [-0.15, -0.1) is 0 Å². The number of pyridine rings is 1. The summed E-state index contributed by atoms with van der Waals surface area (Å²) in [6.07, 6.45) is -3.25. The summed E-state index contributed by atoms with van der Waals surface area (Å²) in [6, 6.07) is 8.84. The van der Waals surface area contributed by atoms with Crippen LogP contribution >= 0.6 is 0 Å². The monoisotopic (exact) mass is 772 g/mol. The van der Waals surface area contributed by atoms with Crippen LogP contribution < -0.4 is 0 Å². The number of hydrogen-bond acceptors (Lipinski definition) is 13. The van der Waals surface area contributed by atoms with Gasteiger partial charge < -0.3 is 43.9 Å². The topological polar surface area (TPSA) is 174 Å². The number of aliphatic hydroxyl groups excluding tert-OH is 2. The number of carbonyl (C=O) groups excluding carboxylic acids is 3. The summed E-state index contributed by atoms with van der Waals surface area (Å²) in [5.74, 6) is -5.61. The zero-order valence-electron chi connectivity index (χ0n) is 34.4. The lowest BCUT2D eigenvalue weighted by Gasteiger charge is -2.48. The Hall–Kier alpha value is -3.04. The van der Waals surface area contributed by atoms with Gasteiger partial charge in [-0.2, -0.15) is 0 Å². The third kappa shape index (κ3) is 9.92. The first-order valence-corrected chi connectivity index (χ1v) is 19.6. The first-order valence-electron chi connectivity index (χ1n) is 19.6. The Morgan fingerprint density at radius 3 is 2.35 bits per heavy atom. The molecule has 2 fully saturated rings. The molecule has 13 heteroatoms. The number of ketones is 1. The zero-order chi connectivity index (χ0) is 41.0. The van der Waals surface area contributed by atoms with Gasteiger partial charge in [0.2, 0.25) is 0 Å². The standard InChI is InChI=1S/C42H64N2O11/c1-12-33-42(8,50)30(17-18-52-39(49)29-20-28-15-13-14-16-31(28)43-22-29)25(4)34(45)23(2)21-41(7,51-11)37(26(5)35(46)27(6)38(48)54-33)55-40-36(47)32(44(9)10)19-24(3)53-40/h13-16,20,22-27,30,32-33,35-37,40,46-47,50H,12,17-19,21H2,1-11H3/t23-,24-,25?,26+,27-,30-,32+,33-,35+,36-,37-,40+,41-,42+/m1/s1. The molecule has 308 valence electrons. The molecule has 0 bridgehead atoms. The Morgan fingerprint density at radius 1 is 1.04 bits per heavy atom. The van der Waals surface area contributed by atoms with Crippen LogP contribution in [0, 0.1) is 29.6 Å². The molecule has 3 N–H and O–H groups in total. The maximum absolute atomic E-state index is 14.5. The molecule has 0 aliphatic carbocycles. The number of Topliss-reactive ketones (excluding diaryl/α,β-unsaturated/α-hetero) is 1. The number of aliphatic hydroxyl groups is 3. The highest BCUT2D eigenvalue weighted by Crippen LogP contribution is 2.41. The first kappa shape index (κ1) is 44.7. The van der Waals surface area contributed by atoms with Crippen LogP contribution in [0.4, 0.5) is 0 Å². The molecule has 1 unspecified atom stereocenters. The van der Waals surface area contributed by atoms with Crippen molar-refractivity contribution in [3.05, 3.63) is 42.1 Å². The summed E-state index contributed by atoms with van der Waals surface area (Å²) in [5.41, 5.74) is -1.96. The summed E-state index contributed by atoms with van der Waals surface area (Å²) in [7, 11) is 5.25.